The van der Waals surface area contributed by atoms with Crippen molar-refractivity contribution in [1.29, 1.82) is 0 Å². The summed E-state index contributed by atoms with van der Waals surface area (Å²) in [6, 6.07) is 6.70. The Hall–Kier alpha value is -0.580. The summed E-state index contributed by atoms with van der Waals surface area (Å²) in [4.78, 5) is 2.19. The summed E-state index contributed by atoms with van der Waals surface area (Å²) in [7, 11) is 7.87. The fourth-order valence-corrected chi connectivity index (χ4v) is 2.41. The molecule has 0 aromatic heterocycles. The van der Waals surface area contributed by atoms with Crippen molar-refractivity contribution in [2.45, 2.75) is 12.5 Å². The maximum Gasteiger partial charge on any atom is 0.133 e. The third kappa shape index (κ3) is 4.66. The molecule has 96 valence electrons. The maximum absolute atomic E-state index is 5.23. The van der Waals surface area contributed by atoms with Crippen molar-refractivity contribution in [1.82, 2.24) is 10.2 Å². The van der Waals surface area contributed by atoms with Gasteiger partial charge in [0, 0.05) is 12.6 Å². The summed E-state index contributed by atoms with van der Waals surface area (Å²) in [5, 5.41) is 3.34. The highest BCUT2D eigenvalue weighted by Gasteiger charge is 2.09. The molecule has 1 aromatic carbocycles. The second kappa shape index (κ2) is 6.99. The number of benzene rings is 1. The van der Waals surface area contributed by atoms with Crippen LogP contribution in [0.4, 0.5) is 0 Å². The highest BCUT2D eigenvalue weighted by molar-refractivity contribution is 9.10. The van der Waals surface area contributed by atoms with E-state index in [4.69, 9.17) is 4.74 Å². The van der Waals surface area contributed by atoms with Crippen LogP contribution in [-0.4, -0.2) is 45.7 Å². The second-order valence-corrected chi connectivity index (χ2v) is 5.28. The molecule has 1 atom stereocenters. The third-order valence-electron chi connectivity index (χ3n) is 2.69. The van der Waals surface area contributed by atoms with E-state index in [1.807, 2.05) is 13.1 Å². The topological polar surface area (TPSA) is 24.5 Å². The minimum atomic E-state index is 0.463. The summed E-state index contributed by atoms with van der Waals surface area (Å²) in [6.45, 7) is 1.03. The minimum Gasteiger partial charge on any atom is -0.496 e. The Bertz CT molecular complexity index is 355. The molecule has 0 aliphatic rings. The smallest absolute Gasteiger partial charge is 0.133 e. The molecule has 4 heteroatoms. The van der Waals surface area contributed by atoms with Gasteiger partial charge in [-0.25, -0.2) is 0 Å². The number of hydrogen-bond donors (Lipinski definition) is 1. The molecule has 1 unspecified atom stereocenters. The van der Waals surface area contributed by atoms with Crippen molar-refractivity contribution in [3.8, 4) is 5.75 Å². The van der Waals surface area contributed by atoms with Gasteiger partial charge in [0.1, 0.15) is 5.75 Å². The highest BCUT2D eigenvalue weighted by Crippen LogP contribution is 2.25. The predicted octanol–water partition coefficient (Wildman–Crippen LogP) is 2.15. The van der Waals surface area contributed by atoms with Crippen molar-refractivity contribution < 1.29 is 4.74 Å². The maximum atomic E-state index is 5.23. The van der Waals surface area contributed by atoms with Crippen molar-refractivity contribution in [2.24, 2.45) is 0 Å². The molecule has 0 aliphatic heterocycles. The Balaban J connectivity index is 2.69. The van der Waals surface area contributed by atoms with Crippen LogP contribution in [0.3, 0.4) is 0 Å². The van der Waals surface area contributed by atoms with Crippen molar-refractivity contribution >= 4 is 15.9 Å². The molecule has 1 N–H and O–H groups in total. The Kier molecular flexibility index (Phi) is 5.95. The fraction of sp³-hybridized carbons (Fsp3) is 0.538. The Morgan fingerprint density at radius 1 is 1.41 bits per heavy atom. The Morgan fingerprint density at radius 3 is 2.59 bits per heavy atom. The third-order valence-corrected chi connectivity index (χ3v) is 3.31. The van der Waals surface area contributed by atoms with E-state index in [0.29, 0.717) is 6.04 Å². The van der Waals surface area contributed by atoms with Crippen LogP contribution >= 0.6 is 15.9 Å². The van der Waals surface area contributed by atoms with E-state index in [-0.39, 0.29) is 0 Å². The number of methoxy groups -OCH3 is 1. The van der Waals surface area contributed by atoms with Crippen LogP contribution in [0.25, 0.3) is 0 Å². The molecule has 0 fully saturated rings. The molecule has 17 heavy (non-hydrogen) atoms. The first-order valence-corrected chi connectivity index (χ1v) is 6.50. The zero-order chi connectivity index (χ0) is 12.8. The average molecular weight is 301 g/mol. The summed E-state index contributed by atoms with van der Waals surface area (Å²) in [5.41, 5.74) is 1.30. The van der Waals surface area contributed by atoms with Gasteiger partial charge in [0.2, 0.25) is 0 Å². The Labute approximate surface area is 112 Å². The summed E-state index contributed by atoms with van der Waals surface area (Å²) < 4.78 is 6.24. The van der Waals surface area contributed by atoms with Gasteiger partial charge in [-0.15, -0.1) is 0 Å². The fourth-order valence-electron chi connectivity index (χ4n) is 1.82. The van der Waals surface area contributed by atoms with Crippen molar-refractivity contribution in [3.63, 3.8) is 0 Å². The van der Waals surface area contributed by atoms with E-state index >= 15 is 0 Å². The van der Waals surface area contributed by atoms with Crippen molar-refractivity contribution in [2.75, 3.05) is 34.8 Å². The molecule has 0 saturated carbocycles. The zero-order valence-electron chi connectivity index (χ0n) is 11.0. The van der Waals surface area contributed by atoms with Crippen LogP contribution in [-0.2, 0) is 6.42 Å². The number of nitrogens with zero attached hydrogens (tertiary/aromatic N) is 1. The monoisotopic (exact) mass is 300 g/mol. The van der Waals surface area contributed by atoms with Gasteiger partial charge in [0.15, 0.2) is 0 Å². The first-order chi connectivity index (χ1) is 8.06. The quantitative estimate of drug-likeness (QED) is 0.871. The second-order valence-electron chi connectivity index (χ2n) is 4.42. The van der Waals surface area contributed by atoms with Gasteiger partial charge in [-0.05, 0) is 61.2 Å². The van der Waals surface area contributed by atoms with Gasteiger partial charge in [-0.3, -0.25) is 0 Å². The van der Waals surface area contributed by atoms with E-state index in [2.05, 4.69) is 52.4 Å². The van der Waals surface area contributed by atoms with E-state index < -0.39 is 0 Å². The molecular formula is C13H21BrN2O. The molecule has 0 saturated heterocycles. The summed E-state index contributed by atoms with van der Waals surface area (Å²) in [5.74, 6) is 0.877. The van der Waals surface area contributed by atoms with Gasteiger partial charge in [0.25, 0.3) is 0 Å². The van der Waals surface area contributed by atoms with Crippen LogP contribution in [0, 0.1) is 0 Å². The van der Waals surface area contributed by atoms with Crippen molar-refractivity contribution in [3.05, 3.63) is 28.2 Å². The Morgan fingerprint density at radius 2 is 2.12 bits per heavy atom. The lowest BCUT2D eigenvalue weighted by atomic mass is 10.1. The molecule has 1 rings (SSSR count). The molecule has 0 amide bonds. The molecule has 3 nitrogen and oxygen atoms in total. The normalized spacial score (nSPS) is 12.8. The lowest BCUT2D eigenvalue weighted by molar-refractivity contribution is 0.346. The van der Waals surface area contributed by atoms with Crippen LogP contribution in [0.15, 0.2) is 22.7 Å². The van der Waals surface area contributed by atoms with Crippen LogP contribution in [0.2, 0.25) is 0 Å². The van der Waals surface area contributed by atoms with E-state index in [0.717, 1.165) is 23.2 Å². The molecule has 0 heterocycles. The molecule has 1 aromatic rings. The predicted molar refractivity (Wildman–Crippen MR) is 75.8 cm³/mol. The first-order valence-electron chi connectivity index (χ1n) is 5.71. The SMILES string of the molecule is CNC(Cc1ccc(OC)c(Br)c1)CN(C)C. The summed E-state index contributed by atoms with van der Waals surface area (Å²) in [6.07, 6.45) is 1.01. The molecular weight excluding hydrogens is 280 g/mol. The first kappa shape index (κ1) is 14.5. The highest BCUT2D eigenvalue weighted by atomic mass is 79.9. The zero-order valence-corrected chi connectivity index (χ0v) is 12.5. The van der Waals surface area contributed by atoms with Crippen LogP contribution in [0.1, 0.15) is 5.56 Å². The van der Waals surface area contributed by atoms with Gasteiger partial charge >= 0.3 is 0 Å². The van der Waals surface area contributed by atoms with E-state index in [1.54, 1.807) is 7.11 Å². The molecule has 0 spiro atoms. The number of likely N-dealkylation sites (N-methyl/N-ethyl adjacent to an activating group) is 2. The number of hydrogen-bond acceptors (Lipinski definition) is 3. The minimum absolute atomic E-state index is 0.463. The van der Waals surface area contributed by atoms with Crippen LogP contribution < -0.4 is 10.1 Å². The molecule has 0 aliphatic carbocycles. The number of rotatable bonds is 6. The number of ether oxygens (including phenoxy) is 1. The van der Waals surface area contributed by atoms with E-state index in [1.165, 1.54) is 5.56 Å². The standard InChI is InChI=1S/C13H21BrN2O/c1-15-11(9-16(2)3)7-10-5-6-13(17-4)12(14)8-10/h5-6,8,11,15H,7,9H2,1-4H3. The molecule has 0 bridgehead atoms. The molecule has 0 radical (unpaired) electrons. The van der Waals surface area contributed by atoms with Gasteiger partial charge in [0.05, 0.1) is 11.6 Å². The van der Waals surface area contributed by atoms with Gasteiger partial charge in [-0.1, -0.05) is 6.07 Å². The lowest BCUT2D eigenvalue weighted by Crippen LogP contribution is -2.37. The number of halogens is 1. The summed E-state index contributed by atoms with van der Waals surface area (Å²) >= 11 is 3.51. The van der Waals surface area contributed by atoms with Gasteiger partial charge < -0.3 is 15.0 Å². The van der Waals surface area contributed by atoms with E-state index in [9.17, 15) is 0 Å². The average Bonchev–Trinajstić information content (AvgIpc) is 2.27. The number of nitrogens with one attached hydrogen (secondary N) is 1. The lowest BCUT2D eigenvalue weighted by Gasteiger charge is -2.20. The van der Waals surface area contributed by atoms with Crippen LogP contribution in [0.5, 0.6) is 5.75 Å². The largest absolute Gasteiger partial charge is 0.496 e. The van der Waals surface area contributed by atoms with Gasteiger partial charge in [-0.2, -0.15) is 0 Å².